The standard InChI is InChI=1S/C42H72O36/c43-1-8-15(49)17(51)25(59)38(68-8)75-33-11(4-46)70-41(28(62)21(33)55)77-35-13(6-48)72-42(30(64)23(35)57)78-34-12(5-47)71-40(29(63)22(34)56)76-32-10(3-45)69-37(27(61)20(32)54)66-7-14-16(50)18(52)26(60)39(73-14)74-31-9(2-44)67-36(65)24(58)19(31)53/h8-65H,1-7H2/t8-,9-,10-,11-,12-,13-,14-,15-,16-,17+,18+,19-,20-,21+,22-,23-,24-,25-,26-,27-,28-,29-,30-,31-,32-,33-,34-,35-,36?,37+,38-,39-,40-,41-,42-/m1/s1. The van der Waals surface area contributed by atoms with Crippen molar-refractivity contribution in [1.82, 2.24) is 0 Å². The topological polar surface area (TPSA) is 585 Å². The van der Waals surface area contributed by atoms with Crippen molar-refractivity contribution in [1.29, 1.82) is 0 Å². The molecule has 0 spiro atoms. The van der Waals surface area contributed by atoms with Crippen LogP contribution in [-0.4, -0.2) is 379 Å². The quantitative estimate of drug-likeness (QED) is 0.0571. The molecule has 7 aliphatic rings. The van der Waals surface area contributed by atoms with E-state index in [1.807, 2.05) is 0 Å². The Labute approximate surface area is 439 Å². The number of hydrogen-bond acceptors (Lipinski definition) is 36. The van der Waals surface area contributed by atoms with Crippen LogP contribution < -0.4 is 0 Å². The molecule has 7 rings (SSSR count). The summed E-state index contributed by atoms with van der Waals surface area (Å²) in [6.07, 6.45) is -66.8. The monoisotopic (exact) mass is 1150 g/mol. The Morgan fingerprint density at radius 1 is 0.218 bits per heavy atom. The van der Waals surface area contributed by atoms with Gasteiger partial charge in [-0.25, -0.2) is 0 Å². The fourth-order valence-electron chi connectivity index (χ4n) is 9.90. The van der Waals surface area contributed by atoms with E-state index in [4.69, 9.17) is 61.6 Å². The Morgan fingerprint density at radius 3 is 0.769 bits per heavy atom. The molecule has 36 nitrogen and oxygen atoms in total. The Hall–Kier alpha value is -1.44. The molecule has 36 heteroatoms. The predicted octanol–water partition coefficient (Wildman–Crippen LogP) is -16.3. The molecule has 0 aromatic rings. The summed E-state index contributed by atoms with van der Waals surface area (Å²) in [7, 11) is 0. The van der Waals surface area contributed by atoms with Gasteiger partial charge in [-0.15, -0.1) is 0 Å². The molecule has 35 atom stereocenters. The second kappa shape index (κ2) is 27.5. The zero-order valence-corrected chi connectivity index (χ0v) is 40.8. The van der Waals surface area contributed by atoms with Crippen LogP contribution in [0.3, 0.4) is 0 Å². The zero-order valence-electron chi connectivity index (χ0n) is 40.8. The van der Waals surface area contributed by atoms with Crippen LogP contribution in [0, 0.1) is 0 Å². The maximum atomic E-state index is 11.3. The molecule has 0 amide bonds. The Morgan fingerprint density at radius 2 is 0.449 bits per heavy atom. The summed E-state index contributed by atoms with van der Waals surface area (Å²) in [6, 6.07) is 0. The van der Waals surface area contributed by atoms with E-state index in [1.54, 1.807) is 0 Å². The van der Waals surface area contributed by atoms with E-state index in [-0.39, 0.29) is 0 Å². The molecule has 78 heavy (non-hydrogen) atoms. The summed E-state index contributed by atoms with van der Waals surface area (Å²) < 4.78 is 71.8. The van der Waals surface area contributed by atoms with Crippen molar-refractivity contribution in [2.24, 2.45) is 0 Å². The van der Waals surface area contributed by atoms with Gasteiger partial charge in [0.1, 0.15) is 171 Å². The molecule has 1 unspecified atom stereocenters. The van der Waals surface area contributed by atoms with Crippen LogP contribution >= 0.6 is 0 Å². The minimum absolute atomic E-state index is 0.834. The van der Waals surface area contributed by atoms with Crippen molar-refractivity contribution in [3.63, 3.8) is 0 Å². The molecule has 0 aliphatic carbocycles. The molecule has 7 saturated heterocycles. The molecule has 456 valence electrons. The van der Waals surface area contributed by atoms with Gasteiger partial charge in [-0.1, -0.05) is 0 Å². The van der Waals surface area contributed by atoms with Crippen molar-refractivity contribution in [2.45, 2.75) is 215 Å². The lowest BCUT2D eigenvalue weighted by atomic mass is 9.95. The first-order valence-corrected chi connectivity index (χ1v) is 24.7. The van der Waals surface area contributed by atoms with Crippen LogP contribution in [0.25, 0.3) is 0 Å². The van der Waals surface area contributed by atoms with E-state index in [0.29, 0.717) is 0 Å². The number of aliphatic hydroxyl groups excluding tert-OH is 23. The third-order valence-electron chi connectivity index (χ3n) is 14.5. The van der Waals surface area contributed by atoms with Gasteiger partial charge < -0.3 is 179 Å². The van der Waals surface area contributed by atoms with Crippen LogP contribution in [0.2, 0.25) is 0 Å². The fraction of sp³-hybridized carbons (Fsp3) is 1.00. The molecule has 7 aliphatic heterocycles. The van der Waals surface area contributed by atoms with Gasteiger partial charge in [-0.2, -0.15) is 0 Å². The minimum Gasteiger partial charge on any atom is -0.394 e. The van der Waals surface area contributed by atoms with Gasteiger partial charge >= 0.3 is 0 Å². The van der Waals surface area contributed by atoms with Gasteiger partial charge in [0.15, 0.2) is 44.0 Å². The number of hydrogen-bond donors (Lipinski definition) is 23. The zero-order chi connectivity index (χ0) is 57.3. The van der Waals surface area contributed by atoms with E-state index in [1.165, 1.54) is 0 Å². The summed E-state index contributed by atoms with van der Waals surface area (Å²) in [6.45, 7) is -6.63. The highest BCUT2D eigenvalue weighted by Crippen LogP contribution is 2.37. The molecule has 7 fully saturated rings. The van der Waals surface area contributed by atoms with Gasteiger partial charge in [-0.05, 0) is 0 Å². The van der Waals surface area contributed by atoms with Crippen molar-refractivity contribution >= 4 is 0 Å². The number of aliphatic hydroxyl groups is 23. The van der Waals surface area contributed by atoms with Crippen LogP contribution in [0.5, 0.6) is 0 Å². The lowest BCUT2D eigenvalue weighted by Crippen LogP contribution is -2.68. The van der Waals surface area contributed by atoms with Crippen molar-refractivity contribution < 1.29 is 179 Å². The third kappa shape index (κ3) is 13.1. The highest BCUT2D eigenvalue weighted by atomic mass is 16.8. The smallest absolute Gasteiger partial charge is 0.187 e. The van der Waals surface area contributed by atoms with Crippen LogP contribution in [-0.2, 0) is 61.6 Å². The average Bonchev–Trinajstić information content (AvgIpc) is 3.46. The van der Waals surface area contributed by atoms with Crippen molar-refractivity contribution in [2.75, 3.05) is 46.2 Å². The molecule has 0 radical (unpaired) electrons. The highest BCUT2D eigenvalue weighted by Gasteiger charge is 2.58. The van der Waals surface area contributed by atoms with Gasteiger partial charge in [0.2, 0.25) is 0 Å². The van der Waals surface area contributed by atoms with Gasteiger partial charge in [0.05, 0.1) is 46.2 Å². The number of ether oxygens (including phenoxy) is 13. The fourth-order valence-corrected chi connectivity index (χ4v) is 9.90. The second-order valence-corrected chi connectivity index (χ2v) is 19.6. The first-order valence-electron chi connectivity index (χ1n) is 24.7. The van der Waals surface area contributed by atoms with Crippen LogP contribution in [0.1, 0.15) is 0 Å². The van der Waals surface area contributed by atoms with E-state index in [0.717, 1.165) is 0 Å². The molecule has 0 aromatic carbocycles. The van der Waals surface area contributed by atoms with Crippen molar-refractivity contribution in [3.05, 3.63) is 0 Å². The summed E-state index contributed by atoms with van der Waals surface area (Å²) in [5.41, 5.74) is 0. The summed E-state index contributed by atoms with van der Waals surface area (Å²) >= 11 is 0. The lowest BCUT2D eigenvalue weighted by molar-refractivity contribution is -0.394. The van der Waals surface area contributed by atoms with Gasteiger partial charge in [0.25, 0.3) is 0 Å². The Balaban J connectivity index is 0.935. The largest absolute Gasteiger partial charge is 0.394 e. The molecule has 0 aromatic heterocycles. The third-order valence-corrected chi connectivity index (χ3v) is 14.5. The average molecular weight is 1150 g/mol. The van der Waals surface area contributed by atoms with Gasteiger partial charge in [-0.3, -0.25) is 0 Å². The first-order chi connectivity index (χ1) is 37.0. The summed E-state index contributed by atoms with van der Waals surface area (Å²) in [5, 5.41) is 242. The second-order valence-electron chi connectivity index (χ2n) is 19.6. The first kappa shape index (κ1) is 64.1. The van der Waals surface area contributed by atoms with E-state index >= 15 is 0 Å². The molecule has 0 bridgehead atoms. The predicted molar refractivity (Wildman–Crippen MR) is 232 cm³/mol. The van der Waals surface area contributed by atoms with Crippen LogP contribution in [0.4, 0.5) is 0 Å². The molecule has 0 saturated carbocycles. The molecule has 23 N–H and O–H groups in total. The maximum absolute atomic E-state index is 11.3. The highest BCUT2D eigenvalue weighted by molar-refractivity contribution is 5.00. The molecule has 7 heterocycles. The summed E-state index contributed by atoms with van der Waals surface area (Å²) in [5.74, 6) is 0. The summed E-state index contributed by atoms with van der Waals surface area (Å²) in [4.78, 5) is 0. The molecular formula is C42H72O36. The SMILES string of the molecule is OC[C@H]1O[C@H](O[C@H]2[C@@H](O)[C@@H](O)[C@@H](O[C@H]3[C@H](O)[C@@H](O)[C@@H](O[C@H]4[C@H](O)[C@@H](O)[C@@H](O[C@H]5[C@H](O)[C@@H](O)[C@@H](OC[C@H]6O[C@H](O[C@H]7[C@H](O)[C@@H](O)C(O)O[C@@H]7CO)[C@H](O)[C@@H](O)[C@@H]6O)O[C@@H]5CO)O[C@@H]4CO)O[C@@H]3CO)O[C@@H]2CO)[C@H](O)[C@@H](O)[C@@H]1O. The lowest BCUT2D eigenvalue weighted by Gasteiger charge is -2.49. The number of rotatable bonds is 19. The van der Waals surface area contributed by atoms with E-state index < -0.39 is 261 Å². The normalized spacial score (nSPS) is 53.5. The van der Waals surface area contributed by atoms with Gasteiger partial charge in [0, 0.05) is 0 Å². The Bertz CT molecular complexity index is 1810. The van der Waals surface area contributed by atoms with Crippen LogP contribution in [0.15, 0.2) is 0 Å². The maximum Gasteiger partial charge on any atom is 0.187 e. The van der Waals surface area contributed by atoms with Crippen molar-refractivity contribution in [3.8, 4) is 0 Å². The minimum atomic E-state index is -2.21. The van der Waals surface area contributed by atoms with E-state index in [2.05, 4.69) is 0 Å². The van der Waals surface area contributed by atoms with E-state index in [9.17, 15) is 117 Å². The molecular weight excluding hydrogens is 1080 g/mol. The Kier molecular flexibility index (Phi) is 22.6.